The molecule has 0 saturated heterocycles. The summed E-state index contributed by atoms with van der Waals surface area (Å²) in [6.45, 7) is 6.49. The third-order valence-electron chi connectivity index (χ3n) is 2.68. The van der Waals surface area contributed by atoms with Gasteiger partial charge in [0.05, 0.1) is 6.10 Å². The maximum Gasteiger partial charge on any atom is 0.168 e. The van der Waals surface area contributed by atoms with Gasteiger partial charge in [0, 0.05) is 18.2 Å². The average molecular weight is 220 g/mol. The van der Waals surface area contributed by atoms with Crippen molar-refractivity contribution in [3.8, 4) is 5.75 Å². The van der Waals surface area contributed by atoms with Crippen LogP contribution in [0.3, 0.4) is 0 Å². The Hall–Kier alpha value is -1.25. The Balaban J connectivity index is 2.26. The van der Waals surface area contributed by atoms with Crippen LogP contribution in [0.4, 0.5) is 5.82 Å². The van der Waals surface area contributed by atoms with Gasteiger partial charge < -0.3 is 10.1 Å². The summed E-state index contributed by atoms with van der Waals surface area (Å²) in [6, 6.07) is 4.08. The SMILES string of the molecule is CNc1nc(C(C)(C)C)ccc1OC1CC1. The first-order valence-electron chi connectivity index (χ1n) is 5.86. The van der Waals surface area contributed by atoms with Gasteiger partial charge in [-0.05, 0) is 25.0 Å². The number of hydrogen-bond donors (Lipinski definition) is 1. The van der Waals surface area contributed by atoms with E-state index in [9.17, 15) is 0 Å². The maximum atomic E-state index is 5.79. The molecule has 0 amide bonds. The second-order valence-electron chi connectivity index (χ2n) is 5.36. The molecule has 16 heavy (non-hydrogen) atoms. The van der Waals surface area contributed by atoms with Crippen molar-refractivity contribution < 1.29 is 4.74 Å². The molecule has 0 aromatic carbocycles. The lowest BCUT2D eigenvalue weighted by atomic mass is 9.92. The van der Waals surface area contributed by atoms with Crippen molar-refractivity contribution in [2.24, 2.45) is 0 Å². The first-order valence-corrected chi connectivity index (χ1v) is 5.86. The summed E-state index contributed by atoms with van der Waals surface area (Å²) in [5.41, 5.74) is 1.16. The molecule has 3 heteroatoms. The molecule has 1 aliphatic carbocycles. The van der Waals surface area contributed by atoms with Crippen LogP contribution in [-0.4, -0.2) is 18.1 Å². The van der Waals surface area contributed by atoms with E-state index in [0.717, 1.165) is 17.3 Å². The van der Waals surface area contributed by atoms with Crippen molar-refractivity contribution in [2.45, 2.75) is 45.1 Å². The summed E-state index contributed by atoms with van der Waals surface area (Å²) in [6.07, 6.45) is 2.75. The molecule has 88 valence electrons. The molecule has 1 saturated carbocycles. The summed E-state index contributed by atoms with van der Waals surface area (Å²) in [5, 5.41) is 3.11. The van der Waals surface area contributed by atoms with Gasteiger partial charge >= 0.3 is 0 Å². The van der Waals surface area contributed by atoms with Gasteiger partial charge in [0.2, 0.25) is 0 Å². The van der Waals surface area contributed by atoms with Gasteiger partial charge in [0.15, 0.2) is 11.6 Å². The lowest BCUT2D eigenvalue weighted by molar-refractivity contribution is 0.303. The van der Waals surface area contributed by atoms with Crippen LogP contribution in [0.15, 0.2) is 12.1 Å². The molecule has 2 rings (SSSR count). The predicted molar refractivity (Wildman–Crippen MR) is 66.1 cm³/mol. The zero-order valence-corrected chi connectivity index (χ0v) is 10.5. The predicted octanol–water partition coefficient (Wildman–Crippen LogP) is 2.96. The number of anilines is 1. The summed E-state index contributed by atoms with van der Waals surface area (Å²) in [4.78, 5) is 4.61. The van der Waals surface area contributed by atoms with Gasteiger partial charge in [-0.1, -0.05) is 20.8 Å². The Labute approximate surface area is 97.2 Å². The highest BCUT2D eigenvalue weighted by Crippen LogP contribution is 2.32. The lowest BCUT2D eigenvalue weighted by Gasteiger charge is -2.19. The minimum absolute atomic E-state index is 0.0731. The molecule has 0 spiro atoms. The van der Waals surface area contributed by atoms with Crippen molar-refractivity contribution in [1.29, 1.82) is 0 Å². The van der Waals surface area contributed by atoms with Crippen molar-refractivity contribution in [2.75, 3.05) is 12.4 Å². The van der Waals surface area contributed by atoms with Crippen LogP contribution < -0.4 is 10.1 Å². The molecule has 0 unspecified atom stereocenters. The minimum atomic E-state index is 0.0731. The van der Waals surface area contributed by atoms with E-state index in [4.69, 9.17) is 4.74 Å². The van der Waals surface area contributed by atoms with Crippen LogP contribution in [0.5, 0.6) is 5.75 Å². The van der Waals surface area contributed by atoms with Crippen LogP contribution in [0.1, 0.15) is 39.3 Å². The highest BCUT2D eigenvalue weighted by molar-refractivity contribution is 5.51. The van der Waals surface area contributed by atoms with Crippen LogP contribution >= 0.6 is 0 Å². The Morgan fingerprint density at radius 1 is 1.31 bits per heavy atom. The molecule has 1 fully saturated rings. The number of pyridine rings is 1. The van der Waals surface area contributed by atoms with E-state index in [0.29, 0.717) is 6.10 Å². The number of nitrogens with zero attached hydrogens (tertiary/aromatic N) is 1. The highest BCUT2D eigenvalue weighted by Gasteiger charge is 2.25. The van der Waals surface area contributed by atoms with Gasteiger partial charge in [-0.3, -0.25) is 0 Å². The van der Waals surface area contributed by atoms with Crippen molar-refractivity contribution in [3.05, 3.63) is 17.8 Å². The van der Waals surface area contributed by atoms with E-state index in [1.165, 1.54) is 12.8 Å². The molecule has 1 N–H and O–H groups in total. The number of ether oxygens (including phenoxy) is 1. The van der Waals surface area contributed by atoms with E-state index in [1.807, 2.05) is 13.1 Å². The molecule has 3 nitrogen and oxygen atoms in total. The molecule has 0 bridgehead atoms. The molecule has 1 aromatic heterocycles. The smallest absolute Gasteiger partial charge is 0.168 e. The summed E-state index contributed by atoms with van der Waals surface area (Å²) < 4.78 is 5.79. The molecule has 1 aromatic rings. The number of nitrogens with one attached hydrogen (secondary N) is 1. The van der Waals surface area contributed by atoms with Gasteiger partial charge in [-0.2, -0.15) is 0 Å². The lowest BCUT2D eigenvalue weighted by Crippen LogP contribution is -2.15. The minimum Gasteiger partial charge on any atom is -0.487 e. The van der Waals surface area contributed by atoms with E-state index in [-0.39, 0.29) is 5.41 Å². The number of aromatic nitrogens is 1. The normalized spacial score (nSPS) is 16.0. The van der Waals surface area contributed by atoms with Crippen LogP contribution in [0.25, 0.3) is 0 Å². The first kappa shape index (κ1) is 11.2. The Bertz CT molecular complexity index is 378. The number of rotatable bonds is 3. The summed E-state index contributed by atoms with van der Waals surface area (Å²) >= 11 is 0. The second-order valence-corrected chi connectivity index (χ2v) is 5.36. The standard InChI is InChI=1S/C13H20N2O/c1-13(2,3)11-8-7-10(12(14-4)15-11)16-9-5-6-9/h7-9H,5-6H2,1-4H3,(H,14,15). The highest BCUT2D eigenvalue weighted by atomic mass is 16.5. The van der Waals surface area contributed by atoms with Gasteiger partial charge in [0.25, 0.3) is 0 Å². The quantitative estimate of drug-likeness (QED) is 0.850. The Kier molecular flexibility index (Phi) is 2.78. The first-order chi connectivity index (χ1) is 7.50. The zero-order chi connectivity index (χ0) is 11.8. The van der Waals surface area contributed by atoms with E-state index in [1.54, 1.807) is 0 Å². The molecule has 1 heterocycles. The van der Waals surface area contributed by atoms with Gasteiger partial charge in [-0.15, -0.1) is 0 Å². The average Bonchev–Trinajstić information content (AvgIpc) is 3.00. The van der Waals surface area contributed by atoms with E-state index in [2.05, 4.69) is 37.1 Å². The van der Waals surface area contributed by atoms with Crippen LogP contribution in [-0.2, 0) is 5.41 Å². The fraction of sp³-hybridized carbons (Fsp3) is 0.615. The molecular weight excluding hydrogens is 200 g/mol. The fourth-order valence-electron chi connectivity index (χ4n) is 1.50. The molecule has 1 aliphatic rings. The molecule has 0 atom stereocenters. The summed E-state index contributed by atoms with van der Waals surface area (Å²) in [7, 11) is 1.88. The third kappa shape index (κ3) is 2.46. The third-order valence-corrected chi connectivity index (χ3v) is 2.68. The van der Waals surface area contributed by atoms with Crippen molar-refractivity contribution in [1.82, 2.24) is 4.98 Å². The largest absolute Gasteiger partial charge is 0.487 e. The van der Waals surface area contributed by atoms with E-state index < -0.39 is 0 Å². The molecule has 0 radical (unpaired) electrons. The molecular formula is C13H20N2O. The zero-order valence-electron chi connectivity index (χ0n) is 10.5. The monoisotopic (exact) mass is 220 g/mol. The van der Waals surface area contributed by atoms with Crippen molar-refractivity contribution >= 4 is 5.82 Å². The Morgan fingerprint density at radius 2 is 2.00 bits per heavy atom. The van der Waals surface area contributed by atoms with Crippen LogP contribution in [0.2, 0.25) is 0 Å². The Morgan fingerprint density at radius 3 is 2.50 bits per heavy atom. The second kappa shape index (κ2) is 3.96. The number of hydrogen-bond acceptors (Lipinski definition) is 3. The summed E-state index contributed by atoms with van der Waals surface area (Å²) in [5.74, 6) is 1.72. The van der Waals surface area contributed by atoms with Gasteiger partial charge in [-0.25, -0.2) is 4.98 Å². The topological polar surface area (TPSA) is 34.2 Å². The molecule has 0 aliphatic heterocycles. The maximum absolute atomic E-state index is 5.79. The van der Waals surface area contributed by atoms with Crippen LogP contribution in [0, 0.1) is 0 Å². The van der Waals surface area contributed by atoms with Gasteiger partial charge in [0.1, 0.15) is 0 Å². The van der Waals surface area contributed by atoms with E-state index >= 15 is 0 Å². The fourth-order valence-corrected chi connectivity index (χ4v) is 1.50. The van der Waals surface area contributed by atoms with Crippen molar-refractivity contribution in [3.63, 3.8) is 0 Å².